The first-order valence-electron chi connectivity index (χ1n) is 9.98. The number of ether oxygens (including phenoxy) is 3. The molecule has 1 aliphatic heterocycles. The summed E-state index contributed by atoms with van der Waals surface area (Å²) in [6.07, 6.45) is 1.31. The van der Waals surface area contributed by atoms with Crippen molar-refractivity contribution >= 4 is 5.97 Å². The number of methoxy groups -OCH3 is 2. The third kappa shape index (κ3) is 4.14. The van der Waals surface area contributed by atoms with Gasteiger partial charge in [0, 0.05) is 30.0 Å². The molecule has 4 rings (SSSR count). The van der Waals surface area contributed by atoms with Crippen LogP contribution in [0.5, 0.6) is 17.2 Å². The summed E-state index contributed by atoms with van der Waals surface area (Å²) in [5.74, 6) is 0.111. The van der Waals surface area contributed by atoms with Crippen LogP contribution in [-0.2, 0) is 22.4 Å². The molecule has 8 heteroatoms. The number of phenols is 1. The highest BCUT2D eigenvalue weighted by molar-refractivity contribution is 5.71. The van der Waals surface area contributed by atoms with Crippen LogP contribution in [0.25, 0.3) is 0 Å². The van der Waals surface area contributed by atoms with Gasteiger partial charge in [-0.25, -0.2) is 0 Å². The van der Waals surface area contributed by atoms with Gasteiger partial charge in [-0.2, -0.15) is 0 Å². The Morgan fingerprint density at radius 3 is 2.81 bits per heavy atom. The SMILES string of the molecule is COC(=O)CC(c1ccc(O)c(OC)c1)c1c(Cc2ccc3c(c2)CCO3)[nH][nH]c1=O. The number of esters is 1. The first-order chi connectivity index (χ1) is 15.0. The second-order valence-electron chi connectivity index (χ2n) is 7.45. The van der Waals surface area contributed by atoms with Gasteiger partial charge in [-0.15, -0.1) is 0 Å². The summed E-state index contributed by atoms with van der Waals surface area (Å²) >= 11 is 0. The second kappa shape index (κ2) is 8.59. The summed E-state index contributed by atoms with van der Waals surface area (Å²) in [5.41, 5.74) is 3.67. The van der Waals surface area contributed by atoms with E-state index in [4.69, 9.17) is 14.2 Å². The van der Waals surface area contributed by atoms with E-state index in [1.165, 1.54) is 20.3 Å². The fourth-order valence-corrected chi connectivity index (χ4v) is 4.01. The number of fused-ring (bicyclic) bond motifs is 1. The average Bonchev–Trinajstić information content (AvgIpc) is 3.38. The fourth-order valence-electron chi connectivity index (χ4n) is 4.01. The van der Waals surface area contributed by atoms with Crippen LogP contribution in [0.1, 0.15) is 40.3 Å². The number of carbonyl (C=O) groups is 1. The molecular formula is C23H24N2O6. The minimum Gasteiger partial charge on any atom is -0.504 e. The number of hydrogen-bond acceptors (Lipinski definition) is 6. The lowest BCUT2D eigenvalue weighted by Gasteiger charge is -2.18. The van der Waals surface area contributed by atoms with Crippen molar-refractivity contribution in [3.63, 3.8) is 0 Å². The van der Waals surface area contributed by atoms with Gasteiger partial charge in [0.05, 0.1) is 27.2 Å². The maximum Gasteiger partial charge on any atom is 0.306 e. The van der Waals surface area contributed by atoms with E-state index in [1.54, 1.807) is 12.1 Å². The first kappa shape index (κ1) is 20.6. The first-order valence-corrected chi connectivity index (χ1v) is 9.98. The summed E-state index contributed by atoms with van der Waals surface area (Å²) in [4.78, 5) is 25.0. The van der Waals surface area contributed by atoms with Crippen LogP contribution in [0, 0.1) is 0 Å². The van der Waals surface area contributed by atoms with Crippen LogP contribution in [0.4, 0.5) is 0 Å². The van der Waals surface area contributed by atoms with Gasteiger partial charge in [0.2, 0.25) is 0 Å². The number of aromatic hydroxyl groups is 1. The summed E-state index contributed by atoms with van der Waals surface area (Å²) in [6.45, 7) is 0.676. The van der Waals surface area contributed by atoms with E-state index < -0.39 is 11.9 Å². The van der Waals surface area contributed by atoms with Crippen molar-refractivity contribution in [2.45, 2.75) is 25.2 Å². The van der Waals surface area contributed by atoms with Crippen molar-refractivity contribution in [1.82, 2.24) is 10.2 Å². The highest BCUT2D eigenvalue weighted by Gasteiger charge is 2.27. The molecule has 0 amide bonds. The topological polar surface area (TPSA) is 114 Å². The van der Waals surface area contributed by atoms with E-state index in [0.29, 0.717) is 29.8 Å². The predicted octanol–water partition coefficient (Wildman–Crippen LogP) is 2.64. The third-order valence-electron chi connectivity index (χ3n) is 5.58. The molecule has 0 saturated carbocycles. The molecule has 2 heterocycles. The monoisotopic (exact) mass is 424 g/mol. The molecular weight excluding hydrogens is 400 g/mol. The molecule has 0 fully saturated rings. The highest BCUT2D eigenvalue weighted by Crippen LogP contribution is 2.35. The molecule has 0 radical (unpaired) electrons. The Hall–Kier alpha value is -3.68. The van der Waals surface area contributed by atoms with Crippen molar-refractivity contribution in [2.75, 3.05) is 20.8 Å². The van der Waals surface area contributed by atoms with Gasteiger partial charge in [0.1, 0.15) is 5.75 Å². The predicted molar refractivity (Wildman–Crippen MR) is 113 cm³/mol. The van der Waals surface area contributed by atoms with Crippen LogP contribution in [0.2, 0.25) is 0 Å². The van der Waals surface area contributed by atoms with E-state index in [0.717, 1.165) is 23.3 Å². The number of H-pyrrole nitrogens is 2. The van der Waals surface area contributed by atoms with Gasteiger partial charge in [0.15, 0.2) is 11.5 Å². The van der Waals surface area contributed by atoms with E-state index in [2.05, 4.69) is 16.3 Å². The maximum absolute atomic E-state index is 12.8. The number of rotatable bonds is 7. The standard InChI is InChI=1S/C23H24N2O6/c1-29-20-11-14(4-5-18(20)26)16(12-21(27)30-2)22-17(24-25-23(22)28)10-13-3-6-19-15(9-13)7-8-31-19/h3-6,9,11,16,26H,7-8,10,12H2,1-2H3,(H2,24,25,28). The zero-order valence-electron chi connectivity index (χ0n) is 17.4. The Morgan fingerprint density at radius 2 is 2.03 bits per heavy atom. The summed E-state index contributed by atoms with van der Waals surface area (Å²) in [6, 6.07) is 10.8. The van der Waals surface area contributed by atoms with Crippen molar-refractivity contribution in [3.8, 4) is 17.2 Å². The van der Waals surface area contributed by atoms with Crippen molar-refractivity contribution in [1.29, 1.82) is 0 Å². The summed E-state index contributed by atoms with van der Waals surface area (Å²) in [5, 5.41) is 15.6. The summed E-state index contributed by atoms with van der Waals surface area (Å²) < 4.78 is 15.7. The largest absolute Gasteiger partial charge is 0.504 e. The normalized spacial score (nSPS) is 13.4. The number of phenolic OH excluding ortho intramolecular Hbond substituents is 1. The molecule has 0 bridgehead atoms. The Kier molecular flexibility index (Phi) is 5.70. The second-order valence-corrected chi connectivity index (χ2v) is 7.45. The molecule has 162 valence electrons. The molecule has 1 unspecified atom stereocenters. The van der Waals surface area contributed by atoms with Gasteiger partial charge < -0.3 is 24.4 Å². The number of hydrogen-bond donors (Lipinski definition) is 3. The molecule has 3 N–H and O–H groups in total. The van der Waals surface area contributed by atoms with Crippen molar-refractivity contribution < 1.29 is 24.1 Å². The van der Waals surface area contributed by atoms with Crippen LogP contribution in [-0.4, -0.2) is 42.1 Å². The molecule has 2 aromatic carbocycles. The minimum atomic E-state index is -0.579. The third-order valence-corrected chi connectivity index (χ3v) is 5.58. The van der Waals surface area contributed by atoms with Crippen molar-refractivity contribution in [3.05, 3.63) is 74.7 Å². The molecule has 1 aromatic heterocycles. The van der Waals surface area contributed by atoms with Gasteiger partial charge >= 0.3 is 5.97 Å². The molecule has 0 saturated heterocycles. The smallest absolute Gasteiger partial charge is 0.306 e. The Morgan fingerprint density at radius 1 is 1.19 bits per heavy atom. The number of benzene rings is 2. The van der Waals surface area contributed by atoms with Crippen LogP contribution < -0.4 is 15.0 Å². The average molecular weight is 424 g/mol. The van der Waals surface area contributed by atoms with E-state index in [9.17, 15) is 14.7 Å². The van der Waals surface area contributed by atoms with E-state index in [1.807, 2.05) is 12.1 Å². The van der Waals surface area contributed by atoms with E-state index >= 15 is 0 Å². The lowest BCUT2D eigenvalue weighted by molar-refractivity contribution is -0.140. The number of aromatic amines is 2. The molecule has 1 atom stereocenters. The quantitative estimate of drug-likeness (QED) is 0.503. The highest BCUT2D eigenvalue weighted by atomic mass is 16.5. The fraction of sp³-hybridized carbons (Fsp3) is 0.304. The zero-order chi connectivity index (χ0) is 22.0. The van der Waals surface area contributed by atoms with Gasteiger partial charge in [0.25, 0.3) is 5.56 Å². The molecule has 31 heavy (non-hydrogen) atoms. The minimum absolute atomic E-state index is 0.0216. The number of carbonyl (C=O) groups excluding carboxylic acids is 1. The van der Waals surface area contributed by atoms with Crippen LogP contribution in [0.3, 0.4) is 0 Å². The van der Waals surface area contributed by atoms with Crippen molar-refractivity contribution in [2.24, 2.45) is 0 Å². The molecule has 1 aliphatic rings. The van der Waals surface area contributed by atoms with Gasteiger partial charge in [-0.3, -0.25) is 14.7 Å². The van der Waals surface area contributed by atoms with Gasteiger partial charge in [-0.1, -0.05) is 18.2 Å². The Balaban J connectivity index is 1.74. The lowest BCUT2D eigenvalue weighted by atomic mass is 9.87. The molecule has 8 nitrogen and oxygen atoms in total. The van der Waals surface area contributed by atoms with Gasteiger partial charge in [-0.05, 0) is 34.9 Å². The molecule has 3 aromatic rings. The maximum atomic E-state index is 12.8. The van der Waals surface area contributed by atoms with Crippen LogP contribution >= 0.6 is 0 Å². The van der Waals surface area contributed by atoms with E-state index in [-0.39, 0.29) is 23.5 Å². The number of nitrogens with one attached hydrogen (secondary N) is 2. The van der Waals surface area contributed by atoms with Crippen LogP contribution in [0.15, 0.2) is 41.2 Å². The zero-order valence-corrected chi connectivity index (χ0v) is 17.4. The molecule has 0 aliphatic carbocycles. The lowest BCUT2D eigenvalue weighted by Crippen LogP contribution is -2.18. The number of aromatic nitrogens is 2. The Labute approximate surface area is 178 Å². The Bertz CT molecular complexity index is 1160. The summed E-state index contributed by atoms with van der Waals surface area (Å²) in [7, 11) is 2.76. The molecule has 0 spiro atoms.